The van der Waals surface area contributed by atoms with Gasteiger partial charge in [-0.3, -0.25) is 4.79 Å². The van der Waals surface area contributed by atoms with Crippen LogP contribution in [-0.2, 0) is 21.4 Å². The van der Waals surface area contributed by atoms with Crippen molar-refractivity contribution in [2.45, 2.75) is 75.8 Å². The van der Waals surface area contributed by atoms with Gasteiger partial charge < -0.3 is 9.47 Å². The SMILES string of the molecule is Cc1csc(-c2cc(S(=O)(=O)NC3CCCCCC3)cn2CC(=O)N2CCCC2)n1. The van der Waals surface area contributed by atoms with Gasteiger partial charge in [0.1, 0.15) is 16.4 Å². The first-order valence-electron chi connectivity index (χ1n) is 10.9. The Morgan fingerprint density at radius 2 is 1.87 bits per heavy atom. The van der Waals surface area contributed by atoms with Gasteiger partial charge in [-0.25, -0.2) is 18.1 Å². The minimum absolute atomic E-state index is 0.0161. The van der Waals surface area contributed by atoms with Crippen LogP contribution in [0.4, 0.5) is 0 Å². The van der Waals surface area contributed by atoms with Crippen LogP contribution in [0.25, 0.3) is 10.7 Å². The van der Waals surface area contributed by atoms with E-state index in [-0.39, 0.29) is 23.4 Å². The highest BCUT2D eigenvalue weighted by atomic mass is 32.2. The van der Waals surface area contributed by atoms with Crippen molar-refractivity contribution in [1.82, 2.24) is 19.2 Å². The average molecular weight is 451 g/mol. The van der Waals surface area contributed by atoms with E-state index in [1.54, 1.807) is 16.8 Å². The molecule has 0 atom stereocenters. The van der Waals surface area contributed by atoms with Crippen LogP contribution in [-0.4, -0.2) is 47.9 Å². The number of aryl methyl sites for hydroxylation is 1. The van der Waals surface area contributed by atoms with E-state index < -0.39 is 10.0 Å². The second-order valence-electron chi connectivity index (χ2n) is 8.38. The maximum atomic E-state index is 13.1. The Morgan fingerprint density at radius 1 is 1.17 bits per heavy atom. The Balaban J connectivity index is 1.61. The number of carbonyl (C=O) groups is 1. The van der Waals surface area contributed by atoms with E-state index in [4.69, 9.17) is 0 Å². The lowest BCUT2D eigenvalue weighted by Gasteiger charge is -2.16. The molecule has 2 aromatic heterocycles. The zero-order chi connectivity index (χ0) is 21.1. The summed E-state index contributed by atoms with van der Waals surface area (Å²) >= 11 is 1.47. The Labute approximate surface area is 182 Å². The second kappa shape index (κ2) is 9.20. The topological polar surface area (TPSA) is 84.3 Å². The molecular weight excluding hydrogens is 420 g/mol. The van der Waals surface area contributed by atoms with Gasteiger partial charge in [0, 0.05) is 36.4 Å². The summed E-state index contributed by atoms with van der Waals surface area (Å²) < 4.78 is 30.9. The molecule has 2 aliphatic rings. The Hall–Kier alpha value is -1.71. The molecular formula is C21H30N4O3S2. The number of nitrogens with zero attached hydrogens (tertiary/aromatic N) is 3. The first-order chi connectivity index (χ1) is 14.4. The first-order valence-corrected chi connectivity index (χ1v) is 13.2. The molecule has 4 rings (SSSR count). The lowest BCUT2D eigenvalue weighted by Crippen LogP contribution is -2.34. The molecule has 2 fully saturated rings. The van der Waals surface area contributed by atoms with Gasteiger partial charge >= 0.3 is 0 Å². The summed E-state index contributed by atoms with van der Waals surface area (Å²) in [5.41, 5.74) is 1.57. The molecule has 0 bridgehead atoms. The van der Waals surface area contributed by atoms with Gasteiger partial charge in [0.05, 0.1) is 5.69 Å². The molecule has 2 aromatic rings. The van der Waals surface area contributed by atoms with Crippen LogP contribution in [0.2, 0.25) is 0 Å². The van der Waals surface area contributed by atoms with Crippen LogP contribution in [0, 0.1) is 6.92 Å². The minimum Gasteiger partial charge on any atom is -0.341 e. The molecule has 9 heteroatoms. The third-order valence-corrected chi connectivity index (χ3v) is 8.43. The smallest absolute Gasteiger partial charge is 0.242 e. The number of hydrogen-bond acceptors (Lipinski definition) is 5. The van der Waals surface area contributed by atoms with Crippen LogP contribution in [0.3, 0.4) is 0 Å². The van der Waals surface area contributed by atoms with Crippen molar-refractivity contribution in [2.24, 2.45) is 0 Å². The third-order valence-electron chi connectivity index (χ3n) is 5.96. The van der Waals surface area contributed by atoms with E-state index >= 15 is 0 Å². The van der Waals surface area contributed by atoms with Gasteiger partial charge in [-0.1, -0.05) is 25.7 Å². The van der Waals surface area contributed by atoms with E-state index in [0.717, 1.165) is 62.3 Å². The minimum atomic E-state index is -3.65. The van der Waals surface area contributed by atoms with Crippen molar-refractivity contribution in [3.05, 3.63) is 23.3 Å². The number of sulfonamides is 1. The molecule has 30 heavy (non-hydrogen) atoms. The summed E-state index contributed by atoms with van der Waals surface area (Å²) in [5.74, 6) is 0.0262. The molecule has 1 aliphatic heterocycles. The van der Waals surface area contributed by atoms with Crippen LogP contribution in [0.5, 0.6) is 0 Å². The molecule has 0 aromatic carbocycles. The number of thiazole rings is 1. The van der Waals surface area contributed by atoms with E-state index in [9.17, 15) is 13.2 Å². The Kier molecular flexibility index (Phi) is 6.60. The quantitative estimate of drug-likeness (QED) is 0.682. The van der Waals surface area contributed by atoms with Crippen molar-refractivity contribution < 1.29 is 13.2 Å². The molecule has 1 aliphatic carbocycles. The zero-order valence-electron chi connectivity index (χ0n) is 17.5. The van der Waals surface area contributed by atoms with Crippen molar-refractivity contribution in [1.29, 1.82) is 0 Å². The predicted molar refractivity (Wildman–Crippen MR) is 118 cm³/mol. The van der Waals surface area contributed by atoms with E-state index in [1.807, 2.05) is 17.2 Å². The maximum absolute atomic E-state index is 13.1. The largest absolute Gasteiger partial charge is 0.341 e. The molecule has 3 heterocycles. The summed E-state index contributed by atoms with van der Waals surface area (Å²) in [4.78, 5) is 19.3. The Bertz CT molecular complexity index is 982. The average Bonchev–Trinajstić information content (AvgIpc) is 3.42. The molecule has 0 unspecified atom stereocenters. The van der Waals surface area contributed by atoms with Gasteiger partial charge in [-0.2, -0.15) is 0 Å². The van der Waals surface area contributed by atoms with Crippen molar-refractivity contribution in [3.63, 3.8) is 0 Å². The normalized spacial score (nSPS) is 18.6. The van der Waals surface area contributed by atoms with Crippen LogP contribution in [0.15, 0.2) is 22.5 Å². The van der Waals surface area contributed by atoms with Crippen LogP contribution in [0.1, 0.15) is 57.1 Å². The molecule has 7 nitrogen and oxygen atoms in total. The summed E-state index contributed by atoms with van der Waals surface area (Å²) in [7, 11) is -3.65. The second-order valence-corrected chi connectivity index (χ2v) is 11.0. The molecule has 0 spiro atoms. The molecule has 1 amide bonds. The summed E-state index contributed by atoms with van der Waals surface area (Å²) in [6, 6.07) is 1.65. The Morgan fingerprint density at radius 3 is 2.50 bits per heavy atom. The summed E-state index contributed by atoms with van der Waals surface area (Å²) in [6.07, 6.45) is 9.87. The van der Waals surface area contributed by atoms with Crippen LogP contribution >= 0.6 is 11.3 Å². The van der Waals surface area contributed by atoms with E-state index in [1.165, 1.54) is 24.2 Å². The number of amides is 1. The van der Waals surface area contributed by atoms with Gasteiger partial charge in [0.15, 0.2) is 0 Å². The monoisotopic (exact) mass is 450 g/mol. The number of hydrogen-bond donors (Lipinski definition) is 1. The number of nitrogens with one attached hydrogen (secondary N) is 1. The standard InChI is InChI=1S/C21H30N4O3S2/c1-16-15-29-21(22-16)19-12-18(13-25(19)14-20(26)24-10-6-7-11-24)30(27,28)23-17-8-4-2-3-5-9-17/h12-13,15,17,23H,2-11,14H2,1H3. The summed E-state index contributed by atoms with van der Waals surface area (Å²) in [5, 5.41) is 2.67. The third kappa shape index (κ3) is 4.95. The van der Waals surface area contributed by atoms with Crippen molar-refractivity contribution in [2.75, 3.05) is 13.1 Å². The number of carbonyl (C=O) groups excluding carboxylic acids is 1. The molecule has 0 radical (unpaired) electrons. The summed E-state index contributed by atoms with van der Waals surface area (Å²) in [6.45, 7) is 3.60. The number of rotatable bonds is 6. The lowest BCUT2D eigenvalue weighted by atomic mass is 10.1. The fourth-order valence-corrected chi connectivity index (χ4v) is 6.48. The highest BCUT2D eigenvalue weighted by molar-refractivity contribution is 7.89. The predicted octanol–water partition coefficient (Wildman–Crippen LogP) is 3.54. The van der Waals surface area contributed by atoms with E-state index in [2.05, 4.69) is 9.71 Å². The number of aromatic nitrogens is 2. The maximum Gasteiger partial charge on any atom is 0.242 e. The molecule has 1 saturated heterocycles. The fraction of sp³-hybridized carbons (Fsp3) is 0.619. The fourth-order valence-electron chi connectivity index (χ4n) is 4.31. The molecule has 164 valence electrons. The number of likely N-dealkylation sites (tertiary alicyclic amines) is 1. The van der Waals surface area contributed by atoms with Gasteiger partial charge in [-0.15, -0.1) is 11.3 Å². The van der Waals surface area contributed by atoms with Gasteiger partial charge in [0.25, 0.3) is 0 Å². The zero-order valence-corrected chi connectivity index (χ0v) is 19.1. The van der Waals surface area contributed by atoms with Crippen molar-refractivity contribution >= 4 is 27.3 Å². The van der Waals surface area contributed by atoms with Crippen LogP contribution < -0.4 is 4.72 Å². The van der Waals surface area contributed by atoms with E-state index in [0.29, 0.717) is 5.69 Å². The van der Waals surface area contributed by atoms with Gasteiger partial charge in [0.2, 0.25) is 15.9 Å². The molecule has 1 N–H and O–H groups in total. The highest BCUT2D eigenvalue weighted by Crippen LogP contribution is 2.29. The lowest BCUT2D eigenvalue weighted by molar-refractivity contribution is -0.130. The highest BCUT2D eigenvalue weighted by Gasteiger charge is 2.26. The molecule has 1 saturated carbocycles. The van der Waals surface area contributed by atoms with Crippen molar-refractivity contribution in [3.8, 4) is 10.7 Å². The van der Waals surface area contributed by atoms with Gasteiger partial charge in [-0.05, 0) is 38.7 Å². The first kappa shape index (κ1) is 21.5.